The molecule has 0 atom stereocenters. The quantitative estimate of drug-likeness (QED) is 0.582. The molecule has 0 radical (unpaired) electrons. The predicted molar refractivity (Wildman–Crippen MR) is 57.6 cm³/mol. The third-order valence-electron chi connectivity index (χ3n) is 2.13. The van der Waals surface area contributed by atoms with E-state index in [1.54, 1.807) is 12.3 Å². The zero-order valence-corrected chi connectivity index (χ0v) is 8.90. The Bertz CT molecular complexity index is 309. The summed E-state index contributed by atoms with van der Waals surface area (Å²) >= 11 is 0. The summed E-state index contributed by atoms with van der Waals surface area (Å²) in [6.07, 6.45) is 4.48. The van der Waals surface area contributed by atoms with Crippen LogP contribution >= 0.6 is 0 Å². The molecule has 0 amide bonds. The van der Waals surface area contributed by atoms with E-state index in [1.807, 2.05) is 6.07 Å². The van der Waals surface area contributed by atoms with E-state index in [1.165, 1.54) is 7.11 Å². The van der Waals surface area contributed by atoms with Crippen LogP contribution in [0.2, 0.25) is 0 Å². The maximum atomic E-state index is 11.1. The van der Waals surface area contributed by atoms with Crippen LogP contribution in [0.1, 0.15) is 28.9 Å². The Morgan fingerprint density at radius 2 is 2.27 bits per heavy atom. The van der Waals surface area contributed by atoms with Crippen molar-refractivity contribution in [2.75, 3.05) is 13.7 Å². The van der Waals surface area contributed by atoms with Crippen molar-refractivity contribution in [2.45, 2.75) is 19.3 Å². The van der Waals surface area contributed by atoms with Gasteiger partial charge in [0.2, 0.25) is 0 Å². The van der Waals surface area contributed by atoms with Crippen LogP contribution < -0.4 is 5.73 Å². The molecule has 15 heavy (non-hydrogen) atoms. The number of unbranched alkanes of at least 4 members (excludes halogenated alkanes) is 1. The van der Waals surface area contributed by atoms with Crippen molar-refractivity contribution in [1.82, 2.24) is 4.98 Å². The Balaban J connectivity index is 2.52. The van der Waals surface area contributed by atoms with E-state index in [9.17, 15) is 4.79 Å². The van der Waals surface area contributed by atoms with E-state index < -0.39 is 0 Å². The highest BCUT2D eigenvalue weighted by atomic mass is 16.5. The summed E-state index contributed by atoms with van der Waals surface area (Å²) in [4.78, 5) is 15.3. The van der Waals surface area contributed by atoms with Crippen LogP contribution in [0.25, 0.3) is 0 Å². The van der Waals surface area contributed by atoms with Crippen LogP contribution in [0.3, 0.4) is 0 Å². The molecular formula is C11H16N2O2. The Labute approximate surface area is 89.5 Å². The minimum Gasteiger partial charge on any atom is -0.465 e. The van der Waals surface area contributed by atoms with Gasteiger partial charge in [0.15, 0.2) is 0 Å². The van der Waals surface area contributed by atoms with Gasteiger partial charge in [-0.25, -0.2) is 4.79 Å². The molecule has 0 bridgehead atoms. The molecule has 0 aromatic carbocycles. The van der Waals surface area contributed by atoms with Crippen LogP contribution in [0.4, 0.5) is 0 Å². The molecule has 0 spiro atoms. The number of aromatic nitrogens is 1. The lowest BCUT2D eigenvalue weighted by atomic mass is 10.1. The summed E-state index contributed by atoms with van der Waals surface area (Å²) in [5, 5.41) is 0. The average Bonchev–Trinajstić information content (AvgIpc) is 2.29. The second-order valence-corrected chi connectivity index (χ2v) is 3.28. The molecule has 1 aromatic heterocycles. The Morgan fingerprint density at radius 1 is 1.47 bits per heavy atom. The number of carbonyl (C=O) groups is 1. The van der Waals surface area contributed by atoms with Gasteiger partial charge < -0.3 is 10.5 Å². The minimum absolute atomic E-state index is 0.351. The summed E-state index contributed by atoms with van der Waals surface area (Å²) in [5.74, 6) is -0.351. The van der Waals surface area contributed by atoms with Crippen molar-refractivity contribution in [1.29, 1.82) is 0 Å². The van der Waals surface area contributed by atoms with Crippen molar-refractivity contribution in [2.24, 2.45) is 5.73 Å². The van der Waals surface area contributed by atoms with Gasteiger partial charge in [0.25, 0.3) is 0 Å². The van der Waals surface area contributed by atoms with E-state index in [0.29, 0.717) is 12.1 Å². The molecule has 1 aromatic rings. The smallest absolute Gasteiger partial charge is 0.339 e. The molecule has 1 rings (SSSR count). The third kappa shape index (κ3) is 3.67. The lowest BCUT2D eigenvalue weighted by Crippen LogP contribution is -2.03. The SMILES string of the molecule is COC(=O)c1ccc(CCCCN)nc1. The van der Waals surface area contributed by atoms with Gasteiger partial charge in [-0.15, -0.1) is 0 Å². The number of rotatable bonds is 5. The summed E-state index contributed by atoms with van der Waals surface area (Å²) in [5.41, 5.74) is 6.86. The molecule has 82 valence electrons. The maximum Gasteiger partial charge on any atom is 0.339 e. The molecule has 4 nitrogen and oxygen atoms in total. The molecule has 0 unspecified atom stereocenters. The first kappa shape index (κ1) is 11.7. The monoisotopic (exact) mass is 208 g/mol. The van der Waals surface area contributed by atoms with Gasteiger partial charge in [-0.3, -0.25) is 4.98 Å². The number of aryl methyl sites for hydroxylation is 1. The first-order chi connectivity index (χ1) is 7.27. The number of methoxy groups -OCH3 is 1. The summed E-state index contributed by atoms with van der Waals surface area (Å²) < 4.78 is 4.58. The Morgan fingerprint density at radius 3 is 2.80 bits per heavy atom. The van der Waals surface area contributed by atoms with Gasteiger partial charge in [0.1, 0.15) is 0 Å². The number of carbonyl (C=O) groups excluding carboxylic acids is 1. The Kier molecular flexibility index (Phi) is 4.77. The van der Waals surface area contributed by atoms with Gasteiger partial charge >= 0.3 is 5.97 Å². The van der Waals surface area contributed by atoms with Gasteiger partial charge in [-0.2, -0.15) is 0 Å². The molecule has 0 aliphatic carbocycles. The fourth-order valence-electron chi connectivity index (χ4n) is 1.26. The molecule has 0 aliphatic rings. The van der Waals surface area contributed by atoms with Gasteiger partial charge in [0, 0.05) is 11.9 Å². The number of hydrogen-bond donors (Lipinski definition) is 1. The number of nitrogens with two attached hydrogens (primary N) is 1. The topological polar surface area (TPSA) is 65.2 Å². The largest absolute Gasteiger partial charge is 0.465 e. The van der Waals surface area contributed by atoms with Gasteiger partial charge in [-0.05, 0) is 37.9 Å². The first-order valence-electron chi connectivity index (χ1n) is 5.01. The van der Waals surface area contributed by atoms with E-state index in [4.69, 9.17) is 5.73 Å². The zero-order valence-electron chi connectivity index (χ0n) is 8.90. The van der Waals surface area contributed by atoms with Crippen molar-refractivity contribution in [3.63, 3.8) is 0 Å². The van der Waals surface area contributed by atoms with E-state index in [2.05, 4.69) is 9.72 Å². The molecule has 0 saturated heterocycles. The average molecular weight is 208 g/mol. The highest BCUT2D eigenvalue weighted by molar-refractivity contribution is 5.88. The summed E-state index contributed by atoms with van der Waals surface area (Å²) in [6, 6.07) is 3.58. The normalized spacial score (nSPS) is 10.0. The number of ether oxygens (including phenoxy) is 1. The highest BCUT2D eigenvalue weighted by Gasteiger charge is 2.04. The maximum absolute atomic E-state index is 11.1. The van der Waals surface area contributed by atoms with Crippen molar-refractivity contribution < 1.29 is 9.53 Å². The van der Waals surface area contributed by atoms with Crippen LogP contribution in [0.15, 0.2) is 18.3 Å². The molecule has 4 heteroatoms. The fraction of sp³-hybridized carbons (Fsp3) is 0.455. The number of nitrogens with zero attached hydrogens (tertiary/aromatic N) is 1. The zero-order chi connectivity index (χ0) is 11.1. The van der Waals surface area contributed by atoms with Crippen molar-refractivity contribution >= 4 is 5.97 Å². The molecule has 0 saturated carbocycles. The van der Waals surface area contributed by atoms with E-state index in [0.717, 1.165) is 25.0 Å². The minimum atomic E-state index is -0.351. The lowest BCUT2D eigenvalue weighted by Gasteiger charge is -2.01. The van der Waals surface area contributed by atoms with Gasteiger partial charge in [0.05, 0.1) is 12.7 Å². The van der Waals surface area contributed by atoms with Gasteiger partial charge in [-0.1, -0.05) is 0 Å². The van der Waals surface area contributed by atoms with Crippen LogP contribution in [0.5, 0.6) is 0 Å². The summed E-state index contributed by atoms with van der Waals surface area (Å²) in [6.45, 7) is 0.709. The molecule has 0 aliphatic heterocycles. The number of esters is 1. The standard InChI is InChI=1S/C11H16N2O2/c1-15-11(14)9-5-6-10(13-8-9)4-2-3-7-12/h5-6,8H,2-4,7,12H2,1H3. The Hall–Kier alpha value is -1.42. The van der Waals surface area contributed by atoms with E-state index in [-0.39, 0.29) is 5.97 Å². The molecule has 0 fully saturated rings. The second-order valence-electron chi connectivity index (χ2n) is 3.28. The van der Waals surface area contributed by atoms with Crippen LogP contribution in [-0.4, -0.2) is 24.6 Å². The first-order valence-corrected chi connectivity index (χ1v) is 5.01. The third-order valence-corrected chi connectivity index (χ3v) is 2.13. The molecule has 2 N–H and O–H groups in total. The lowest BCUT2D eigenvalue weighted by molar-refractivity contribution is 0.0600. The van der Waals surface area contributed by atoms with Crippen LogP contribution in [-0.2, 0) is 11.2 Å². The fourth-order valence-corrected chi connectivity index (χ4v) is 1.26. The molecule has 1 heterocycles. The number of pyridine rings is 1. The van der Waals surface area contributed by atoms with Crippen LogP contribution in [0, 0.1) is 0 Å². The second kappa shape index (κ2) is 6.14. The number of hydrogen-bond acceptors (Lipinski definition) is 4. The molecular weight excluding hydrogens is 192 g/mol. The van der Waals surface area contributed by atoms with Crippen molar-refractivity contribution in [3.8, 4) is 0 Å². The predicted octanol–water partition coefficient (Wildman–Crippen LogP) is 1.15. The van der Waals surface area contributed by atoms with Crippen molar-refractivity contribution in [3.05, 3.63) is 29.6 Å². The highest BCUT2D eigenvalue weighted by Crippen LogP contribution is 2.05. The van der Waals surface area contributed by atoms with E-state index >= 15 is 0 Å². The summed E-state index contributed by atoms with van der Waals surface area (Å²) in [7, 11) is 1.36.